The molecule has 7 nitrogen and oxygen atoms in total. The van der Waals surface area contributed by atoms with Gasteiger partial charge in [0.25, 0.3) is 0 Å². The first-order valence-corrected chi connectivity index (χ1v) is 5.96. The first kappa shape index (κ1) is 13.8. The summed E-state index contributed by atoms with van der Waals surface area (Å²) in [6.45, 7) is 0.114. The average Bonchev–Trinajstić information content (AvgIpc) is 1.99. The number of hydrogen-bond donors (Lipinski definition) is 3. The number of sulfonamides is 1. The van der Waals surface area contributed by atoms with Crippen LogP contribution in [0.1, 0.15) is 19.3 Å². The van der Waals surface area contributed by atoms with E-state index in [1.165, 1.54) is 0 Å². The summed E-state index contributed by atoms with van der Waals surface area (Å²) in [6.07, 6.45) is 1.12. The van der Waals surface area contributed by atoms with E-state index < -0.39 is 27.7 Å². The second-order valence-electron chi connectivity index (χ2n) is 2.97. The number of aliphatic carboxylic acids is 1. The predicted molar refractivity (Wildman–Crippen MR) is 52.5 cm³/mol. The van der Waals surface area contributed by atoms with Crippen LogP contribution in [0.3, 0.4) is 0 Å². The van der Waals surface area contributed by atoms with Gasteiger partial charge in [0.15, 0.2) is 5.75 Å². The molecule has 0 aromatic rings. The van der Waals surface area contributed by atoms with Gasteiger partial charge in [0.2, 0.25) is 15.9 Å². The third-order valence-corrected chi connectivity index (χ3v) is 2.76. The Hall–Kier alpha value is -1.15. The number of carbonyl (C=O) groups is 2. The maximum Gasteiger partial charge on any atom is 0.320 e. The van der Waals surface area contributed by atoms with Gasteiger partial charge in [-0.15, -0.1) is 0 Å². The Labute approximate surface area is 87.7 Å². The molecule has 1 amide bonds. The number of nitrogens with two attached hydrogens (primary N) is 1. The number of unbranched alkanes of at least 4 members (excludes halogenated alkanes) is 1. The van der Waals surface area contributed by atoms with Crippen molar-refractivity contribution in [1.29, 1.82) is 0 Å². The quantitative estimate of drug-likeness (QED) is 0.450. The largest absolute Gasteiger partial charge is 0.480 e. The lowest BCUT2D eigenvalue weighted by Gasteiger charge is -2.03. The highest BCUT2D eigenvalue weighted by atomic mass is 32.2. The molecule has 0 atom stereocenters. The summed E-state index contributed by atoms with van der Waals surface area (Å²) >= 11 is 0. The number of carboxylic acid groups (broad SMARTS) is 1. The second-order valence-corrected chi connectivity index (χ2v) is 4.78. The van der Waals surface area contributed by atoms with Crippen LogP contribution in [-0.2, 0) is 19.6 Å². The van der Waals surface area contributed by atoms with Crippen molar-refractivity contribution >= 4 is 21.9 Å². The third-order valence-electron chi connectivity index (χ3n) is 1.49. The van der Waals surface area contributed by atoms with Crippen LogP contribution in [0.4, 0.5) is 0 Å². The van der Waals surface area contributed by atoms with Crippen LogP contribution < -0.4 is 10.5 Å². The molecular weight excluding hydrogens is 224 g/mol. The number of carboxylic acids is 1. The second kappa shape index (κ2) is 6.36. The van der Waals surface area contributed by atoms with Gasteiger partial charge in [-0.2, -0.15) is 0 Å². The van der Waals surface area contributed by atoms with Crippen molar-refractivity contribution in [2.24, 2.45) is 5.73 Å². The van der Waals surface area contributed by atoms with Gasteiger partial charge in [-0.3, -0.25) is 9.59 Å². The van der Waals surface area contributed by atoms with Gasteiger partial charge in [0.1, 0.15) is 0 Å². The van der Waals surface area contributed by atoms with E-state index >= 15 is 0 Å². The van der Waals surface area contributed by atoms with E-state index in [4.69, 9.17) is 10.8 Å². The first-order chi connectivity index (χ1) is 6.83. The Morgan fingerprint density at radius 1 is 1.27 bits per heavy atom. The smallest absolute Gasteiger partial charge is 0.320 e. The molecule has 0 spiro atoms. The summed E-state index contributed by atoms with van der Waals surface area (Å²) in [6, 6.07) is 0. The molecule has 0 heterocycles. The molecule has 0 aromatic heterocycles. The zero-order chi connectivity index (χ0) is 11.9. The molecule has 0 rings (SSSR count). The molecule has 4 N–H and O–H groups in total. The van der Waals surface area contributed by atoms with Crippen LogP contribution in [0.15, 0.2) is 0 Å². The third kappa shape index (κ3) is 9.16. The van der Waals surface area contributed by atoms with E-state index in [1.807, 2.05) is 0 Å². The fraction of sp³-hybridized carbons (Fsp3) is 0.714. The summed E-state index contributed by atoms with van der Waals surface area (Å²) in [5.74, 6) is -2.79. The minimum atomic E-state index is -3.75. The first-order valence-electron chi connectivity index (χ1n) is 4.31. The number of primary amides is 1. The highest BCUT2D eigenvalue weighted by Gasteiger charge is 2.14. The zero-order valence-electron chi connectivity index (χ0n) is 8.10. The van der Waals surface area contributed by atoms with Crippen molar-refractivity contribution < 1.29 is 23.1 Å². The Bertz CT molecular complexity index is 324. The molecule has 0 aliphatic rings. The normalized spacial score (nSPS) is 11.2. The van der Waals surface area contributed by atoms with Crippen molar-refractivity contribution in [2.75, 3.05) is 12.3 Å². The van der Waals surface area contributed by atoms with Gasteiger partial charge in [-0.1, -0.05) is 0 Å². The Morgan fingerprint density at radius 2 is 1.87 bits per heavy atom. The molecule has 0 aromatic carbocycles. The summed E-state index contributed by atoms with van der Waals surface area (Å²) in [5, 5.41) is 8.24. The summed E-state index contributed by atoms with van der Waals surface area (Å²) in [5.41, 5.74) is 4.87. The highest BCUT2D eigenvalue weighted by Crippen LogP contribution is 1.94. The van der Waals surface area contributed by atoms with E-state index in [1.54, 1.807) is 0 Å². The van der Waals surface area contributed by atoms with Crippen LogP contribution in [0.2, 0.25) is 0 Å². The topological polar surface area (TPSA) is 127 Å². The van der Waals surface area contributed by atoms with Crippen molar-refractivity contribution in [3.8, 4) is 0 Å². The molecule has 0 bridgehead atoms. The molecule has 88 valence electrons. The van der Waals surface area contributed by atoms with E-state index in [2.05, 4.69) is 4.72 Å². The molecule has 0 aliphatic carbocycles. The fourth-order valence-corrected chi connectivity index (χ4v) is 1.75. The van der Waals surface area contributed by atoms with Crippen LogP contribution in [0.25, 0.3) is 0 Å². The number of hydrogen-bond acceptors (Lipinski definition) is 4. The summed E-state index contributed by atoms with van der Waals surface area (Å²) < 4.78 is 24.0. The molecule has 0 unspecified atom stereocenters. The van der Waals surface area contributed by atoms with Gasteiger partial charge in [-0.25, -0.2) is 13.1 Å². The SMILES string of the molecule is NC(=O)CCCCNS(=O)(=O)CC(=O)O. The zero-order valence-corrected chi connectivity index (χ0v) is 8.92. The Kier molecular flexibility index (Phi) is 5.87. The van der Waals surface area contributed by atoms with Gasteiger partial charge < -0.3 is 10.8 Å². The minimum absolute atomic E-state index is 0.114. The lowest BCUT2D eigenvalue weighted by Crippen LogP contribution is -2.30. The maximum absolute atomic E-state index is 11.0. The molecule has 0 saturated heterocycles. The fourth-order valence-electron chi connectivity index (χ4n) is 0.865. The van der Waals surface area contributed by atoms with Gasteiger partial charge >= 0.3 is 5.97 Å². The van der Waals surface area contributed by atoms with Gasteiger partial charge in [0.05, 0.1) is 0 Å². The number of amides is 1. The minimum Gasteiger partial charge on any atom is -0.480 e. The van der Waals surface area contributed by atoms with Crippen molar-refractivity contribution in [3.05, 3.63) is 0 Å². The monoisotopic (exact) mass is 238 g/mol. The lowest BCUT2D eigenvalue weighted by atomic mass is 10.2. The van der Waals surface area contributed by atoms with Crippen molar-refractivity contribution in [2.45, 2.75) is 19.3 Å². The molecule has 0 radical (unpaired) electrons. The van der Waals surface area contributed by atoms with Gasteiger partial charge in [-0.05, 0) is 12.8 Å². The summed E-state index contributed by atoms with van der Waals surface area (Å²) in [4.78, 5) is 20.4. The number of nitrogens with one attached hydrogen (secondary N) is 1. The summed E-state index contributed by atoms with van der Waals surface area (Å²) in [7, 11) is -3.75. The molecule has 8 heteroatoms. The molecule has 0 fully saturated rings. The highest BCUT2D eigenvalue weighted by molar-refractivity contribution is 7.90. The lowest BCUT2D eigenvalue weighted by molar-refractivity contribution is -0.134. The van der Waals surface area contributed by atoms with Crippen LogP contribution in [0, 0.1) is 0 Å². The average molecular weight is 238 g/mol. The number of rotatable bonds is 8. The Morgan fingerprint density at radius 3 is 2.33 bits per heavy atom. The van der Waals surface area contributed by atoms with Crippen LogP contribution in [0.5, 0.6) is 0 Å². The van der Waals surface area contributed by atoms with Crippen LogP contribution in [-0.4, -0.2) is 37.7 Å². The molecule has 0 aliphatic heterocycles. The van der Waals surface area contributed by atoms with Crippen LogP contribution >= 0.6 is 0 Å². The molecule has 0 saturated carbocycles. The maximum atomic E-state index is 11.0. The van der Waals surface area contributed by atoms with E-state index in [0.29, 0.717) is 12.8 Å². The Balaban J connectivity index is 3.67. The predicted octanol–water partition coefficient (Wildman–Crippen LogP) is -1.35. The van der Waals surface area contributed by atoms with E-state index in [9.17, 15) is 18.0 Å². The van der Waals surface area contributed by atoms with Crippen molar-refractivity contribution in [3.63, 3.8) is 0 Å². The standard InChI is InChI=1S/C7H14N2O5S/c8-6(10)3-1-2-4-9-15(13,14)5-7(11)12/h9H,1-5H2,(H2,8,10)(H,11,12). The van der Waals surface area contributed by atoms with E-state index in [-0.39, 0.29) is 13.0 Å². The van der Waals surface area contributed by atoms with Crippen molar-refractivity contribution in [1.82, 2.24) is 4.72 Å². The molecule has 15 heavy (non-hydrogen) atoms. The molecular formula is C7H14N2O5S. The number of carbonyl (C=O) groups excluding carboxylic acids is 1. The van der Waals surface area contributed by atoms with Gasteiger partial charge in [0, 0.05) is 13.0 Å². The van der Waals surface area contributed by atoms with E-state index in [0.717, 1.165) is 0 Å².